The first-order valence-electron chi connectivity index (χ1n) is 6.34. The van der Waals surface area contributed by atoms with Gasteiger partial charge in [0.1, 0.15) is 0 Å². The largest absolute Gasteiger partial charge is 0.481 e. The van der Waals surface area contributed by atoms with Gasteiger partial charge in [-0.1, -0.05) is 6.42 Å². The van der Waals surface area contributed by atoms with E-state index in [2.05, 4.69) is 10.2 Å². The van der Waals surface area contributed by atoms with Crippen LogP contribution in [0.5, 0.6) is 0 Å². The fraction of sp³-hybridized carbons (Fsp3) is 0.917. The van der Waals surface area contributed by atoms with Crippen molar-refractivity contribution in [2.24, 2.45) is 0 Å². The molecule has 4 nitrogen and oxygen atoms in total. The zero-order valence-corrected chi connectivity index (χ0v) is 11.5. The molecule has 2 N–H and O–H groups in total. The van der Waals surface area contributed by atoms with E-state index in [1.54, 1.807) is 0 Å². The number of piperidine rings is 2. The summed E-state index contributed by atoms with van der Waals surface area (Å²) in [7, 11) is 0. The summed E-state index contributed by atoms with van der Waals surface area (Å²) >= 11 is 0. The Morgan fingerprint density at radius 1 is 1.18 bits per heavy atom. The third kappa shape index (κ3) is 7.58. The van der Waals surface area contributed by atoms with E-state index >= 15 is 0 Å². The highest BCUT2D eigenvalue weighted by atomic mass is 35.5. The van der Waals surface area contributed by atoms with Crippen molar-refractivity contribution in [1.82, 2.24) is 10.2 Å². The number of hydrogen-bond acceptors (Lipinski definition) is 3. The molecule has 0 aliphatic carbocycles. The summed E-state index contributed by atoms with van der Waals surface area (Å²) in [5, 5.41) is 10.8. The van der Waals surface area contributed by atoms with Gasteiger partial charge >= 0.3 is 0 Å². The summed E-state index contributed by atoms with van der Waals surface area (Å²) in [6.45, 7) is 6.29. The van der Waals surface area contributed by atoms with Crippen LogP contribution in [-0.2, 0) is 4.79 Å². The van der Waals surface area contributed by atoms with Gasteiger partial charge < -0.3 is 15.3 Å². The van der Waals surface area contributed by atoms with Crippen LogP contribution in [0.2, 0.25) is 0 Å². The quantitative estimate of drug-likeness (QED) is 0.758. The molecule has 0 unspecified atom stereocenters. The molecule has 2 aliphatic rings. The Balaban J connectivity index is 0.000000453. The molecule has 5 heteroatoms. The number of carboxylic acids is 1. The van der Waals surface area contributed by atoms with Crippen molar-refractivity contribution in [3.8, 4) is 0 Å². The Morgan fingerprint density at radius 3 is 2.12 bits per heavy atom. The summed E-state index contributed by atoms with van der Waals surface area (Å²) in [5.41, 5.74) is 0. The standard InChI is InChI=1S/C10H20N2.C2H4O2.ClH/c1-2-8-12(9-3-1)10-4-6-11-7-5-10;1-2(3)4;/h10-11H,1-9H2;1H3,(H,3,4);1H. The lowest BCUT2D eigenvalue weighted by atomic mass is 10.0. The Morgan fingerprint density at radius 2 is 1.65 bits per heavy atom. The summed E-state index contributed by atoms with van der Waals surface area (Å²) in [4.78, 5) is 11.7. The van der Waals surface area contributed by atoms with Crippen molar-refractivity contribution in [2.45, 2.75) is 45.1 Å². The molecule has 0 amide bonds. The molecule has 0 saturated carbocycles. The van der Waals surface area contributed by atoms with E-state index in [9.17, 15) is 0 Å². The minimum Gasteiger partial charge on any atom is -0.481 e. The molecule has 0 atom stereocenters. The van der Waals surface area contributed by atoms with Crippen molar-refractivity contribution in [2.75, 3.05) is 26.2 Å². The highest BCUT2D eigenvalue weighted by molar-refractivity contribution is 5.85. The second kappa shape index (κ2) is 9.68. The maximum atomic E-state index is 9.00. The smallest absolute Gasteiger partial charge is 0.300 e. The number of rotatable bonds is 1. The number of carbonyl (C=O) groups is 1. The van der Waals surface area contributed by atoms with Crippen LogP contribution in [0, 0.1) is 0 Å². The van der Waals surface area contributed by atoms with Gasteiger partial charge in [0.25, 0.3) is 5.97 Å². The third-order valence-corrected chi connectivity index (χ3v) is 3.22. The lowest BCUT2D eigenvalue weighted by Gasteiger charge is -2.36. The molecule has 2 saturated heterocycles. The van der Waals surface area contributed by atoms with E-state index in [-0.39, 0.29) is 12.4 Å². The van der Waals surface area contributed by atoms with E-state index in [4.69, 9.17) is 9.90 Å². The van der Waals surface area contributed by atoms with Crippen molar-refractivity contribution in [3.63, 3.8) is 0 Å². The topological polar surface area (TPSA) is 52.6 Å². The Hall–Kier alpha value is -0.320. The number of hydrogen-bond donors (Lipinski definition) is 2. The predicted octanol–water partition coefficient (Wildman–Crippen LogP) is 1.74. The number of nitrogens with zero attached hydrogens (tertiary/aromatic N) is 1. The predicted molar refractivity (Wildman–Crippen MR) is 71.9 cm³/mol. The number of carboxylic acid groups (broad SMARTS) is 1. The highest BCUT2D eigenvalue weighted by Crippen LogP contribution is 2.17. The molecular formula is C12H25ClN2O2. The molecule has 0 aromatic rings. The zero-order chi connectivity index (χ0) is 11.8. The van der Waals surface area contributed by atoms with Gasteiger partial charge in [0, 0.05) is 13.0 Å². The maximum absolute atomic E-state index is 9.00. The van der Waals surface area contributed by atoms with Gasteiger partial charge in [0.15, 0.2) is 0 Å². The van der Waals surface area contributed by atoms with Crippen molar-refractivity contribution >= 4 is 18.4 Å². The lowest BCUT2D eigenvalue weighted by Crippen LogP contribution is -2.45. The SMILES string of the molecule is C1CCN(C2CCNCC2)CC1.CC(=O)O.Cl. The van der Waals surface area contributed by atoms with Crippen LogP contribution in [0.4, 0.5) is 0 Å². The summed E-state index contributed by atoms with van der Waals surface area (Å²) in [6.07, 6.45) is 7.08. The monoisotopic (exact) mass is 264 g/mol. The van der Waals surface area contributed by atoms with Crippen LogP contribution < -0.4 is 5.32 Å². The fourth-order valence-electron chi connectivity index (χ4n) is 2.46. The van der Waals surface area contributed by atoms with Crippen LogP contribution >= 0.6 is 12.4 Å². The van der Waals surface area contributed by atoms with E-state index < -0.39 is 5.97 Å². The molecule has 2 heterocycles. The molecule has 2 aliphatic heterocycles. The second-order valence-corrected chi connectivity index (χ2v) is 4.60. The summed E-state index contributed by atoms with van der Waals surface area (Å²) in [5.74, 6) is -0.833. The van der Waals surface area contributed by atoms with Gasteiger partial charge in [-0.15, -0.1) is 12.4 Å². The molecule has 17 heavy (non-hydrogen) atoms. The van der Waals surface area contributed by atoms with E-state index in [1.807, 2.05) is 0 Å². The molecule has 0 aromatic heterocycles. The van der Waals surface area contributed by atoms with Gasteiger partial charge in [-0.05, 0) is 51.9 Å². The summed E-state index contributed by atoms with van der Waals surface area (Å²) in [6, 6.07) is 0.909. The first-order chi connectivity index (χ1) is 7.70. The van der Waals surface area contributed by atoms with Crippen LogP contribution in [0.25, 0.3) is 0 Å². The Kier molecular flexibility index (Phi) is 9.50. The van der Waals surface area contributed by atoms with Crippen molar-refractivity contribution < 1.29 is 9.90 Å². The molecule has 0 bridgehead atoms. The first-order valence-corrected chi connectivity index (χ1v) is 6.34. The van der Waals surface area contributed by atoms with Crippen LogP contribution in [0.1, 0.15) is 39.0 Å². The normalized spacial score (nSPS) is 21.9. The fourth-order valence-corrected chi connectivity index (χ4v) is 2.46. The Labute approximate surface area is 110 Å². The van der Waals surface area contributed by atoms with Gasteiger partial charge in [-0.2, -0.15) is 0 Å². The minimum absolute atomic E-state index is 0. The average Bonchev–Trinajstić information content (AvgIpc) is 2.31. The highest BCUT2D eigenvalue weighted by Gasteiger charge is 2.21. The van der Waals surface area contributed by atoms with Gasteiger partial charge in [-0.3, -0.25) is 4.79 Å². The molecule has 0 radical (unpaired) electrons. The molecule has 102 valence electrons. The molecule has 2 fully saturated rings. The van der Waals surface area contributed by atoms with Crippen LogP contribution in [-0.4, -0.2) is 48.2 Å². The lowest BCUT2D eigenvalue weighted by molar-refractivity contribution is -0.134. The molecule has 0 spiro atoms. The maximum Gasteiger partial charge on any atom is 0.300 e. The van der Waals surface area contributed by atoms with Gasteiger partial charge in [-0.25, -0.2) is 0 Å². The van der Waals surface area contributed by atoms with Crippen molar-refractivity contribution in [1.29, 1.82) is 0 Å². The number of aliphatic carboxylic acids is 1. The van der Waals surface area contributed by atoms with Crippen LogP contribution in [0.15, 0.2) is 0 Å². The molecule has 2 rings (SSSR count). The molecular weight excluding hydrogens is 240 g/mol. The number of halogens is 1. The van der Waals surface area contributed by atoms with E-state index in [1.165, 1.54) is 58.3 Å². The first kappa shape index (κ1) is 16.7. The zero-order valence-electron chi connectivity index (χ0n) is 10.7. The van der Waals surface area contributed by atoms with Gasteiger partial charge in [0.2, 0.25) is 0 Å². The number of likely N-dealkylation sites (tertiary alicyclic amines) is 1. The van der Waals surface area contributed by atoms with E-state index in [0.717, 1.165) is 13.0 Å². The average molecular weight is 265 g/mol. The Bertz CT molecular complexity index is 183. The number of nitrogens with one attached hydrogen (secondary N) is 1. The van der Waals surface area contributed by atoms with Crippen molar-refractivity contribution in [3.05, 3.63) is 0 Å². The molecule has 0 aromatic carbocycles. The second-order valence-electron chi connectivity index (χ2n) is 4.60. The minimum atomic E-state index is -0.833. The summed E-state index contributed by atoms with van der Waals surface area (Å²) < 4.78 is 0. The van der Waals surface area contributed by atoms with Gasteiger partial charge in [0.05, 0.1) is 0 Å². The third-order valence-electron chi connectivity index (χ3n) is 3.22. The van der Waals surface area contributed by atoms with Crippen LogP contribution in [0.3, 0.4) is 0 Å². The van der Waals surface area contributed by atoms with E-state index in [0.29, 0.717) is 0 Å².